The number of aryl methyl sites for hydroxylation is 1. The van der Waals surface area contributed by atoms with Crippen molar-refractivity contribution >= 4 is 11.9 Å². The summed E-state index contributed by atoms with van der Waals surface area (Å²) in [6.45, 7) is 4.90. The molecule has 2 aliphatic rings. The Kier molecular flexibility index (Phi) is 4.25. The molecule has 136 valence electrons. The van der Waals surface area contributed by atoms with Crippen molar-refractivity contribution < 1.29 is 14.6 Å². The number of aromatic nitrogens is 2. The van der Waals surface area contributed by atoms with E-state index in [1.165, 1.54) is 17.7 Å². The first-order chi connectivity index (χ1) is 11.8. The van der Waals surface area contributed by atoms with E-state index in [9.17, 15) is 19.5 Å². The summed E-state index contributed by atoms with van der Waals surface area (Å²) in [5, 5.41) is 16.3. The second-order valence-electron chi connectivity index (χ2n) is 6.37. The molecule has 0 aliphatic carbocycles. The number of aliphatic hydroxyl groups is 1. The second-order valence-corrected chi connectivity index (χ2v) is 6.37. The number of carbonyl (C=O) groups is 1. The standard InChI is InChI=1S/C15H21N5O5/c1-4-15-6-16-13(17-8(3)21)18-9(10(15)22)12(25-15)20-5-7(2)11(23)19-14(20)24/h5,9-10,12,22H,4,6H2,1-3H3,(H,19,23,24)(H2,16,17,18,21)/t9?,10-,12-,15+/m1/s1. The summed E-state index contributed by atoms with van der Waals surface area (Å²) in [5.41, 5.74) is -1.76. The Morgan fingerprint density at radius 1 is 1.56 bits per heavy atom. The molecule has 3 rings (SSSR count). The topological polar surface area (TPSA) is 138 Å². The van der Waals surface area contributed by atoms with Gasteiger partial charge in [0.2, 0.25) is 5.91 Å². The number of hydrogen-bond acceptors (Lipinski definition) is 7. The highest BCUT2D eigenvalue weighted by Crippen LogP contribution is 2.40. The fourth-order valence-electron chi connectivity index (χ4n) is 3.22. The molecule has 1 unspecified atom stereocenters. The zero-order valence-electron chi connectivity index (χ0n) is 14.2. The number of rotatable bonds is 2. The molecule has 4 N–H and O–H groups in total. The van der Waals surface area contributed by atoms with Gasteiger partial charge in [0.05, 0.1) is 6.54 Å². The number of fused-ring (bicyclic) bond motifs is 2. The van der Waals surface area contributed by atoms with Crippen LogP contribution in [0.4, 0.5) is 0 Å². The fourth-order valence-corrected chi connectivity index (χ4v) is 3.22. The Balaban J connectivity index is 2.05. The number of hydrogen-bond donors (Lipinski definition) is 4. The molecule has 2 aliphatic heterocycles. The second kappa shape index (κ2) is 6.12. The summed E-state index contributed by atoms with van der Waals surface area (Å²) in [6, 6.07) is -0.726. The van der Waals surface area contributed by atoms with Gasteiger partial charge in [0.25, 0.3) is 5.56 Å². The van der Waals surface area contributed by atoms with Crippen LogP contribution in [0.5, 0.6) is 0 Å². The van der Waals surface area contributed by atoms with Gasteiger partial charge in [0, 0.05) is 18.7 Å². The van der Waals surface area contributed by atoms with E-state index in [1.807, 2.05) is 6.92 Å². The highest BCUT2D eigenvalue weighted by atomic mass is 16.6. The molecule has 1 aromatic rings. The van der Waals surface area contributed by atoms with Gasteiger partial charge in [-0.15, -0.1) is 0 Å². The third-order valence-electron chi connectivity index (χ3n) is 4.66. The Morgan fingerprint density at radius 3 is 2.92 bits per heavy atom. The number of aromatic amines is 1. The molecule has 4 atom stereocenters. The fraction of sp³-hybridized carbons (Fsp3) is 0.600. The van der Waals surface area contributed by atoms with E-state index in [0.29, 0.717) is 12.0 Å². The number of aliphatic imine (C=N–C) groups is 1. The predicted molar refractivity (Wildman–Crippen MR) is 88.3 cm³/mol. The minimum absolute atomic E-state index is 0.122. The van der Waals surface area contributed by atoms with Gasteiger partial charge in [-0.2, -0.15) is 0 Å². The Labute approximate surface area is 142 Å². The summed E-state index contributed by atoms with van der Waals surface area (Å²) in [4.78, 5) is 41.7. The van der Waals surface area contributed by atoms with Crippen LogP contribution in [0.2, 0.25) is 0 Å². The van der Waals surface area contributed by atoms with Crippen LogP contribution in [-0.4, -0.2) is 50.8 Å². The van der Waals surface area contributed by atoms with Crippen molar-refractivity contribution in [2.75, 3.05) is 6.54 Å². The monoisotopic (exact) mass is 351 g/mol. The first kappa shape index (κ1) is 17.4. The molecule has 0 aromatic carbocycles. The van der Waals surface area contributed by atoms with Crippen LogP contribution in [-0.2, 0) is 9.53 Å². The lowest BCUT2D eigenvalue weighted by Crippen LogP contribution is -2.52. The van der Waals surface area contributed by atoms with E-state index in [2.05, 4.69) is 20.6 Å². The summed E-state index contributed by atoms with van der Waals surface area (Å²) in [5.74, 6) is -0.0899. The Bertz CT molecular complexity index is 843. The minimum Gasteiger partial charge on any atom is -0.388 e. The number of H-pyrrole nitrogens is 1. The van der Waals surface area contributed by atoms with Gasteiger partial charge < -0.3 is 15.2 Å². The normalized spacial score (nSPS) is 31.0. The molecular weight excluding hydrogens is 330 g/mol. The maximum absolute atomic E-state index is 12.2. The number of carbonyl (C=O) groups excluding carboxylic acids is 1. The maximum Gasteiger partial charge on any atom is 0.330 e. The van der Waals surface area contributed by atoms with Crippen molar-refractivity contribution in [2.45, 2.75) is 51.2 Å². The van der Waals surface area contributed by atoms with Crippen LogP contribution in [0, 0.1) is 6.92 Å². The van der Waals surface area contributed by atoms with Crippen LogP contribution >= 0.6 is 0 Å². The van der Waals surface area contributed by atoms with E-state index < -0.39 is 35.2 Å². The molecule has 10 heteroatoms. The molecule has 1 fully saturated rings. The van der Waals surface area contributed by atoms with E-state index in [4.69, 9.17) is 4.74 Å². The molecule has 0 radical (unpaired) electrons. The minimum atomic E-state index is -0.994. The van der Waals surface area contributed by atoms with Crippen LogP contribution in [0.3, 0.4) is 0 Å². The van der Waals surface area contributed by atoms with Gasteiger partial charge >= 0.3 is 5.69 Å². The molecule has 1 saturated heterocycles. The van der Waals surface area contributed by atoms with E-state index in [0.717, 1.165) is 0 Å². The summed E-state index contributed by atoms with van der Waals surface area (Å²) < 4.78 is 7.28. The van der Waals surface area contributed by atoms with Crippen LogP contribution < -0.4 is 21.9 Å². The molecule has 10 nitrogen and oxygen atoms in total. The Hall–Kier alpha value is -2.46. The number of aliphatic hydroxyl groups excluding tert-OH is 1. The van der Waals surface area contributed by atoms with Gasteiger partial charge in [-0.3, -0.25) is 24.5 Å². The van der Waals surface area contributed by atoms with Crippen LogP contribution in [0.25, 0.3) is 0 Å². The summed E-state index contributed by atoms with van der Waals surface area (Å²) in [7, 11) is 0. The molecular formula is C15H21N5O5. The number of amides is 1. The average Bonchev–Trinajstić information content (AvgIpc) is 2.72. The van der Waals surface area contributed by atoms with Crippen molar-refractivity contribution in [1.82, 2.24) is 20.2 Å². The molecule has 1 amide bonds. The number of ether oxygens (including phenoxy) is 1. The van der Waals surface area contributed by atoms with Gasteiger partial charge in [-0.05, 0) is 13.3 Å². The average molecular weight is 351 g/mol. The molecule has 3 heterocycles. The van der Waals surface area contributed by atoms with Gasteiger partial charge in [0.15, 0.2) is 12.2 Å². The molecule has 0 saturated carbocycles. The Morgan fingerprint density at radius 2 is 2.28 bits per heavy atom. The van der Waals surface area contributed by atoms with Crippen molar-refractivity contribution in [3.63, 3.8) is 0 Å². The molecule has 25 heavy (non-hydrogen) atoms. The van der Waals surface area contributed by atoms with Crippen molar-refractivity contribution in [3.05, 3.63) is 32.6 Å². The number of guanidine groups is 1. The van der Waals surface area contributed by atoms with Crippen LogP contribution in [0.15, 0.2) is 20.8 Å². The van der Waals surface area contributed by atoms with E-state index in [1.54, 1.807) is 6.92 Å². The lowest BCUT2D eigenvalue weighted by molar-refractivity contribution is -0.117. The highest BCUT2D eigenvalue weighted by Gasteiger charge is 2.56. The molecule has 1 aromatic heterocycles. The third kappa shape index (κ3) is 2.87. The smallest absolute Gasteiger partial charge is 0.330 e. The van der Waals surface area contributed by atoms with E-state index in [-0.39, 0.29) is 18.4 Å². The molecule has 2 bridgehead atoms. The van der Waals surface area contributed by atoms with Gasteiger partial charge in [0.1, 0.15) is 17.7 Å². The number of nitrogens with zero attached hydrogens (tertiary/aromatic N) is 2. The highest BCUT2D eigenvalue weighted by molar-refractivity contribution is 5.96. The number of nitrogens with one attached hydrogen (secondary N) is 3. The molecule has 0 spiro atoms. The van der Waals surface area contributed by atoms with Crippen molar-refractivity contribution in [2.24, 2.45) is 4.99 Å². The largest absolute Gasteiger partial charge is 0.388 e. The zero-order valence-corrected chi connectivity index (χ0v) is 14.2. The maximum atomic E-state index is 12.2. The first-order valence-corrected chi connectivity index (χ1v) is 8.04. The first-order valence-electron chi connectivity index (χ1n) is 8.04. The van der Waals surface area contributed by atoms with Crippen LogP contribution in [0.1, 0.15) is 32.1 Å². The van der Waals surface area contributed by atoms with Gasteiger partial charge in [-0.1, -0.05) is 6.92 Å². The lowest BCUT2D eigenvalue weighted by atomic mass is 9.91. The third-order valence-corrected chi connectivity index (χ3v) is 4.66. The van der Waals surface area contributed by atoms with Crippen molar-refractivity contribution in [1.29, 1.82) is 0 Å². The summed E-state index contributed by atoms with van der Waals surface area (Å²) >= 11 is 0. The van der Waals surface area contributed by atoms with E-state index >= 15 is 0 Å². The summed E-state index contributed by atoms with van der Waals surface area (Å²) in [6.07, 6.45) is 0.0287. The quantitative estimate of drug-likeness (QED) is 0.504. The zero-order chi connectivity index (χ0) is 18.4. The predicted octanol–water partition coefficient (Wildman–Crippen LogP) is -1.65. The SMILES string of the molecule is CC[C@@]12CN=C(NC(C)=O)NC([C@H](n3cc(C)c(=O)[nH]c3=O)O1)[C@H]2O. The van der Waals surface area contributed by atoms with Gasteiger partial charge in [-0.25, -0.2) is 9.79 Å². The lowest BCUT2D eigenvalue weighted by Gasteiger charge is -2.28. The van der Waals surface area contributed by atoms with Crippen molar-refractivity contribution in [3.8, 4) is 0 Å².